The molecule has 0 spiro atoms. The van der Waals surface area contributed by atoms with Gasteiger partial charge in [0.05, 0.1) is 38.5 Å². The highest BCUT2D eigenvalue weighted by Crippen LogP contribution is 2.30. The minimum atomic E-state index is -1.24. The van der Waals surface area contributed by atoms with Gasteiger partial charge in [-0.05, 0) is 13.0 Å². The summed E-state index contributed by atoms with van der Waals surface area (Å²) in [6, 6.07) is 4.52. The van der Waals surface area contributed by atoms with Crippen molar-refractivity contribution < 1.29 is 33.3 Å². The molecule has 12 heteroatoms. The van der Waals surface area contributed by atoms with Gasteiger partial charge in [-0.2, -0.15) is 0 Å². The Morgan fingerprint density at radius 3 is 2.25 bits per heavy atom. The van der Waals surface area contributed by atoms with Crippen LogP contribution in [0.5, 0.6) is 11.5 Å². The summed E-state index contributed by atoms with van der Waals surface area (Å²) in [6.45, 7) is 1.64. The quantitative estimate of drug-likeness (QED) is 0.345. The number of rotatable bonds is 11. The Balaban J connectivity index is 2.44. The highest BCUT2D eigenvalue weighted by molar-refractivity contribution is 5.98. The number of methoxy groups -OCH3 is 3. The topological polar surface area (TPSA) is 157 Å². The maximum Gasteiger partial charge on any atom is 0.404 e. The van der Waals surface area contributed by atoms with Crippen molar-refractivity contribution in [3.8, 4) is 11.5 Å². The zero-order valence-corrected chi connectivity index (χ0v) is 18.1. The Kier molecular flexibility index (Phi) is 8.41. The number of aromatic nitrogens is 1. The molecule has 0 fully saturated rings. The molecule has 2 aromatic rings. The Morgan fingerprint density at radius 2 is 1.75 bits per heavy atom. The van der Waals surface area contributed by atoms with E-state index in [2.05, 4.69) is 20.9 Å². The summed E-state index contributed by atoms with van der Waals surface area (Å²) < 4.78 is 30.2. The Morgan fingerprint density at radius 1 is 1.12 bits per heavy atom. The molecule has 11 nitrogen and oxygen atoms in total. The molecule has 1 aromatic carbocycles. The molecule has 0 aliphatic carbocycles. The second kappa shape index (κ2) is 11.0. The molecule has 0 radical (unpaired) electrons. The number of nitrogens with one attached hydrogen (secondary N) is 3. The van der Waals surface area contributed by atoms with Gasteiger partial charge in [0.1, 0.15) is 17.3 Å². The lowest BCUT2D eigenvalue weighted by Crippen LogP contribution is -2.47. The summed E-state index contributed by atoms with van der Waals surface area (Å²) >= 11 is 0. The number of pyridine rings is 1. The van der Waals surface area contributed by atoms with Crippen LogP contribution in [0.4, 0.5) is 26.5 Å². The van der Waals surface area contributed by atoms with Gasteiger partial charge in [-0.25, -0.2) is 14.2 Å². The lowest BCUT2D eigenvalue weighted by atomic mass is 10.1. The molecule has 32 heavy (non-hydrogen) atoms. The number of halogens is 1. The zero-order valence-electron chi connectivity index (χ0n) is 18.1. The maximum absolute atomic E-state index is 14.7. The fourth-order valence-corrected chi connectivity index (χ4v) is 2.85. The minimum Gasteiger partial charge on any atom is -0.497 e. The summed E-state index contributed by atoms with van der Waals surface area (Å²) in [5.41, 5.74) is 5.66. The molecule has 174 valence electrons. The Labute approximate surface area is 184 Å². The predicted octanol–water partition coefficient (Wildman–Crippen LogP) is 2.16. The van der Waals surface area contributed by atoms with E-state index in [9.17, 15) is 14.0 Å². The third kappa shape index (κ3) is 6.35. The molecule has 0 bridgehead atoms. The van der Waals surface area contributed by atoms with E-state index < -0.39 is 29.9 Å². The van der Waals surface area contributed by atoms with Crippen molar-refractivity contribution in [1.82, 2.24) is 10.3 Å². The molecule has 2 amide bonds. The van der Waals surface area contributed by atoms with E-state index in [1.165, 1.54) is 21.3 Å². The fraction of sp³-hybridized carbons (Fsp3) is 0.350. The molecular weight excluding hydrogens is 425 g/mol. The molecular formula is C20H26FN5O6. The first-order valence-corrected chi connectivity index (χ1v) is 9.43. The van der Waals surface area contributed by atoms with Crippen LogP contribution in [0.2, 0.25) is 0 Å². The van der Waals surface area contributed by atoms with Gasteiger partial charge in [-0.3, -0.25) is 4.79 Å². The summed E-state index contributed by atoms with van der Waals surface area (Å²) in [7, 11) is 4.38. The van der Waals surface area contributed by atoms with E-state index in [0.717, 1.165) is 6.07 Å². The monoisotopic (exact) mass is 451 g/mol. The van der Waals surface area contributed by atoms with Crippen LogP contribution in [0.15, 0.2) is 24.3 Å². The molecule has 1 heterocycles. The smallest absolute Gasteiger partial charge is 0.404 e. The lowest BCUT2D eigenvalue weighted by molar-refractivity contribution is 0.1000. The van der Waals surface area contributed by atoms with Gasteiger partial charge in [0, 0.05) is 31.0 Å². The van der Waals surface area contributed by atoms with Crippen LogP contribution >= 0.6 is 0 Å². The average Bonchev–Trinajstić information content (AvgIpc) is 2.74. The number of hydrogen-bond donors (Lipinski definition) is 5. The molecule has 0 unspecified atom stereocenters. The largest absolute Gasteiger partial charge is 0.497 e. The van der Waals surface area contributed by atoms with E-state index in [-0.39, 0.29) is 23.8 Å². The third-order valence-corrected chi connectivity index (χ3v) is 4.48. The average molecular weight is 451 g/mol. The van der Waals surface area contributed by atoms with Gasteiger partial charge in [-0.15, -0.1) is 0 Å². The second-order valence-electron chi connectivity index (χ2n) is 6.75. The van der Waals surface area contributed by atoms with Gasteiger partial charge >= 0.3 is 6.09 Å². The van der Waals surface area contributed by atoms with Crippen LogP contribution in [0.25, 0.3) is 0 Å². The molecule has 0 aliphatic heterocycles. The zero-order chi connectivity index (χ0) is 23.8. The van der Waals surface area contributed by atoms with Crippen molar-refractivity contribution in [2.75, 3.05) is 38.6 Å². The van der Waals surface area contributed by atoms with Crippen molar-refractivity contribution in [3.05, 3.63) is 35.6 Å². The number of anilines is 3. The van der Waals surface area contributed by atoms with Crippen LogP contribution < -0.4 is 31.2 Å². The first-order valence-electron chi connectivity index (χ1n) is 9.43. The number of carbonyl (C=O) groups is 2. The van der Waals surface area contributed by atoms with Crippen molar-refractivity contribution in [1.29, 1.82) is 0 Å². The standard InChI is InChI=1S/C20H26FN5O6/c1-10(23-20(28)29)16(9-30-2)25-19-15(21)8-14(17(22)27)18(26-19)24-11-5-12(31-3)7-13(6-11)32-4/h5-8,10,16,23H,9H2,1-4H3,(H2,22,27)(H,28,29)(H2,24,25,26)/t10-,16+/m0/s1. The number of nitrogens with two attached hydrogens (primary N) is 1. The Bertz CT molecular complexity index is 951. The second-order valence-corrected chi connectivity index (χ2v) is 6.75. The normalized spacial score (nSPS) is 12.4. The SMILES string of the molecule is COC[C@@H](Nc1nc(Nc2cc(OC)cc(OC)c2)c(C(N)=O)cc1F)[C@H](C)NC(=O)O. The van der Waals surface area contributed by atoms with E-state index in [0.29, 0.717) is 17.2 Å². The number of carboxylic acid groups (broad SMARTS) is 1. The number of nitrogens with zero attached hydrogens (tertiary/aromatic N) is 1. The number of primary amides is 1. The van der Waals surface area contributed by atoms with Crippen molar-refractivity contribution >= 4 is 29.3 Å². The van der Waals surface area contributed by atoms with E-state index in [4.69, 9.17) is 25.1 Å². The van der Waals surface area contributed by atoms with Crippen LogP contribution in [0.3, 0.4) is 0 Å². The first-order chi connectivity index (χ1) is 15.2. The number of ether oxygens (including phenoxy) is 3. The van der Waals surface area contributed by atoms with Crippen molar-refractivity contribution in [2.24, 2.45) is 5.73 Å². The third-order valence-electron chi connectivity index (χ3n) is 4.48. The van der Waals surface area contributed by atoms with Gasteiger partial charge in [0.15, 0.2) is 11.6 Å². The fourth-order valence-electron chi connectivity index (χ4n) is 2.85. The molecule has 0 saturated carbocycles. The van der Waals surface area contributed by atoms with E-state index in [1.54, 1.807) is 25.1 Å². The highest BCUT2D eigenvalue weighted by Gasteiger charge is 2.23. The number of benzene rings is 1. The van der Waals surface area contributed by atoms with Crippen LogP contribution in [-0.2, 0) is 4.74 Å². The van der Waals surface area contributed by atoms with Crippen molar-refractivity contribution in [3.63, 3.8) is 0 Å². The highest BCUT2D eigenvalue weighted by atomic mass is 19.1. The molecule has 0 saturated heterocycles. The van der Waals surface area contributed by atoms with E-state index in [1.807, 2.05) is 0 Å². The van der Waals surface area contributed by atoms with Crippen molar-refractivity contribution in [2.45, 2.75) is 19.0 Å². The van der Waals surface area contributed by atoms with E-state index >= 15 is 0 Å². The number of carbonyl (C=O) groups excluding carboxylic acids is 1. The summed E-state index contributed by atoms with van der Waals surface area (Å²) in [6.07, 6.45) is -1.24. The lowest BCUT2D eigenvalue weighted by Gasteiger charge is -2.25. The van der Waals surface area contributed by atoms with Crippen LogP contribution in [-0.4, -0.2) is 62.1 Å². The van der Waals surface area contributed by atoms with Gasteiger partial charge < -0.3 is 41.0 Å². The molecule has 2 atom stereocenters. The van der Waals surface area contributed by atoms with Crippen LogP contribution in [0, 0.1) is 5.82 Å². The maximum atomic E-state index is 14.7. The molecule has 1 aromatic heterocycles. The van der Waals surface area contributed by atoms with Gasteiger partial charge in [0.2, 0.25) is 0 Å². The summed E-state index contributed by atoms with van der Waals surface area (Å²) in [5.74, 6) is -1.05. The van der Waals surface area contributed by atoms with Gasteiger partial charge in [0.25, 0.3) is 5.91 Å². The molecule has 0 aliphatic rings. The minimum absolute atomic E-state index is 0.0216. The Hall–Kier alpha value is -3.80. The number of hydrogen-bond acceptors (Lipinski definition) is 8. The summed E-state index contributed by atoms with van der Waals surface area (Å²) in [4.78, 5) is 27.0. The molecule has 6 N–H and O–H groups in total. The van der Waals surface area contributed by atoms with Crippen LogP contribution in [0.1, 0.15) is 17.3 Å². The summed E-state index contributed by atoms with van der Waals surface area (Å²) in [5, 5.41) is 17.0. The number of amides is 2. The first kappa shape index (κ1) is 24.5. The molecule has 2 rings (SSSR count). The van der Waals surface area contributed by atoms with Gasteiger partial charge in [-0.1, -0.05) is 0 Å². The predicted molar refractivity (Wildman–Crippen MR) is 115 cm³/mol.